The van der Waals surface area contributed by atoms with E-state index in [0.29, 0.717) is 18.6 Å². The standard InChI is InChI=1S/C19H14F3NO3/c20-12-4-1-3-10(7-12)11-8-15(21)17(16(22)9-11)23-18(24)13-5-2-6-14(13)19(25)26/h1,3-4,7-9H,2,5-6H2,(H,23,24)(H,25,26)/i1D,3D,4D,7D. The van der Waals surface area contributed by atoms with Gasteiger partial charge in [0.15, 0.2) is 0 Å². The van der Waals surface area contributed by atoms with Crippen LogP contribution >= 0.6 is 0 Å². The van der Waals surface area contributed by atoms with Gasteiger partial charge in [0.05, 0.1) is 5.48 Å². The topological polar surface area (TPSA) is 66.4 Å². The maximum absolute atomic E-state index is 14.6. The molecule has 3 rings (SSSR count). The molecule has 2 N–H and O–H groups in total. The smallest absolute Gasteiger partial charge is 0.332 e. The molecule has 26 heavy (non-hydrogen) atoms. The number of halogens is 3. The number of aliphatic carboxylic acids is 1. The number of benzene rings is 2. The van der Waals surface area contributed by atoms with Crippen LogP contribution < -0.4 is 5.32 Å². The quantitative estimate of drug-likeness (QED) is 0.850. The van der Waals surface area contributed by atoms with Gasteiger partial charge in [0, 0.05) is 11.1 Å². The second-order valence-corrected chi connectivity index (χ2v) is 5.57. The number of carboxylic acid groups (broad SMARTS) is 1. The minimum atomic E-state index is -1.40. The van der Waals surface area contributed by atoms with Crippen molar-refractivity contribution in [3.8, 4) is 11.1 Å². The van der Waals surface area contributed by atoms with Crippen LogP contribution in [0.15, 0.2) is 47.4 Å². The molecule has 0 aliphatic heterocycles. The Morgan fingerprint density at radius 2 is 1.69 bits per heavy atom. The highest BCUT2D eigenvalue weighted by Crippen LogP contribution is 2.30. The third-order valence-electron chi connectivity index (χ3n) is 3.91. The molecule has 4 nitrogen and oxygen atoms in total. The number of amides is 1. The number of rotatable bonds is 4. The van der Waals surface area contributed by atoms with Crippen LogP contribution in [0.2, 0.25) is 0 Å². The Hall–Kier alpha value is -3.09. The molecule has 0 bridgehead atoms. The molecular weight excluding hydrogens is 347 g/mol. The van der Waals surface area contributed by atoms with E-state index in [1.807, 2.05) is 5.32 Å². The molecular formula is C19H14F3NO3. The summed E-state index contributed by atoms with van der Waals surface area (Å²) in [6, 6.07) is -2.20. The zero-order valence-electron chi connectivity index (χ0n) is 17.2. The molecule has 0 fully saturated rings. The first-order valence-corrected chi connectivity index (χ1v) is 7.56. The third kappa shape index (κ3) is 3.46. The van der Waals surface area contributed by atoms with Crippen LogP contribution in [0.1, 0.15) is 24.7 Å². The first-order valence-electron chi connectivity index (χ1n) is 9.56. The summed E-state index contributed by atoms with van der Waals surface area (Å²) in [5.74, 6) is -6.25. The summed E-state index contributed by atoms with van der Waals surface area (Å²) in [5, 5.41) is 11.1. The number of carbonyl (C=O) groups is 2. The van der Waals surface area contributed by atoms with Crippen molar-refractivity contribution in [1.29, 1.82) is 0 Å². The van der Waals surface area contributed by atoms with Crippen molar-refractivity contribution >= 4 is 17.6 Å². The van der Waals surface area contributed by atoms with E-state index in [-0.39, 0.29) is 24.0 Å². The van der Waals surface area contributed by atoms with Crippen molar-refractivity contribution in [2.24, 2.45) is 0 Å². The summed E-state index contributed by atoms with van der Waals surface area (Å²) in [5.41, 5.74) is -2.07. The molecule has 0 unspecified atom stereocenters. The van der Waals surface area contributed by atoms with E-state index in [0.717, 1.165) is 0 Å². The lowest BCUT2D eigenvalue weighted by Crippen LogP contribution is -2.18. The number of carboxylic acids is 1. The van der Waals surface area contributed by atoms with Crippen molar-refractivity contribution < 1.29 is 33.3 Å². The molecule has 134 valence electrons. The van der Waals surface area contributed by atoms with E-state index in [1.54, 1.807) is 0 Å². The normalized spacial score (nSPS) is 16.0. The monoisotopic (exact) mass is 365 g/mol. The molecule has 0 spiro atoms. The fourth-order valence-electron chi connectivity index (χ4n) is 2.72. The summed E-state index contributed by atoms with van der Waals surface area (Å²) >= 11 is 0. The minimum absolute atomic E-state index is 0.0841. The van der Waals surface area contributed by atoms with Crippen LogP contribution in [0.5, 0.6) is 0 Å². The van der Waals surface area contributed by atoms with Crippen LogP contribution in [0, 0.1) is 17.5 Å². The average Bonchev–Trinajstić information content (AvgIpc) is 3.18. The first-order chi connectivity index (χ1) is 14.0. The Morgan fingerprint density at radius 1 is 1.04 bits per heavy atom. The highest BCUT2D eigenvalue weighted by Gasteiger charge is 2.26. The van der Waals surface area contributed by atoms with Gasteiger partial charge in [0.25, 0.3) is 5.91 Å². The van der Waals surface area contributed by atoms with Crippen LogP contribution in [0.4, 0.5) is 18.9 Å². The molecule has 0 saturated heterocycles. The zero-order chi connectivity index (χ0) is 22.3. The first kappa shape index (κ1) is 13.2. The predicted molar refractivity (Wildman–Crippen MR) is 88.9 cm³/mol. The Labute approximate surface area is 152 Å². The van der Waals surface area contributed by atoms with E-state index in [4.69, 9.17) is 10.6 Å². The Morgan fingerprint density at radius 3 is 2.35 bits per heavy atom. The highest BCUT2D eigenvalue weighted by atomic mass is 19.1. The Kier molecular flexibility index (Phi) is 3.56. The molecule has 2 aromatic rings. The van der Waals surface area contributed by atoms with Crippen molar-refractivity contribution in [2.75, 3.05) is 5.32 Å². The van der Waals surface area contributed by atoms with Gasteiger partial charge in [-0.15, -0.1) is 0 Å². The SMILES string of the molecule is [2H]c1c([2H])c(F)c([2H])c(-c2cc(F)c(NC(=O)C3=C(C(=O)O)CCC3)c(F)c2)c1[2H]. The molecule has 0 saturated carbocycles. The van der Waals surface area contributed by atoms with Crippen LogP contribution in [0.25, 0.3) is 11.1 Å². The molecule has 2 aromatic carbocycles. The van der Waals surface area contributed by atoms with Crippen LogP contribution in [-0.2, 0) is 9.59 Å². The zero-order valence-corrected chi connectivity index (χ0v) is 13.2. The molecule has 0 aromatic heterocycles. The number of carbonyl (C=O) groups excluding carboxylic acids is 1. The lowest BCUT2D eigenvalue weighted by molar-refractivity contribution is -0.133. The summed E-state index contributed by atoms with van der Waals surface area (Å²) in [7, 11) is 0. The highest BCUT2D eigenvalue weighted by molar-refractivity contribution is 6.09. The van der Waals surface area contributed by atoms with Crippen molar-refractivity contribution in [2.45, 2.75) is 19.3 Å². The second kappa shape index (κ2) is 7.03. The molecule has 0 radical (unpaired) electrons. The lowest BCUT2D eigenvalue weighted by atomic mass is 10.0. The lowest BCUT2D eigenvalue weighted by Gasteiger charge is -2.11. The van der Waals surface area contributed by atoms with Gasteiger partial charge in [-0.05, 0) is 54.6 Å². The van der Waals surface area contributed by atoms with Gasteiger partial charge < -0.3 is 10.4 Å². The maximum atomic E-state index is 14.6. The van der Waals surface area contributed by atoms with Crippen molar-refractivity contribution in [3.63, 3.8) is 0 Å². The van der Waals surface area contributed by atoms with Gasteiger partial charge in [-0.1, -0.05) is 12.1 Å². The summed E-state index contributed by atoms with van der Waals surface area (Å²) < 4.78 is 73.6. The third-order valence-corrected chi connectivity index (χ3v) is 3.91. The Balaban J connectivity index is 2.03. The number of hydrogen-bond acceptors (Lipinski definition) is 2. The van der Waals surface area contributed by atoms with E-state index >= 15 is 0 Å². The van der Waals surface area contributed by atoms with E-state index in [9.17, 15) is 22.8 Å². The number of hydrogen-bond donors (Lipinski definition) is 2. The molecule has 7 heteroatoms. The average molecular weight is 365 g/mol. The molecule has 1 amide bonds. The van der Waals surface area contributed by atoms with Gasteiger partial charge in [-0.3, -0.25) is 4.79 Å². The molecule has 1 aliphatic rings. The van der Waals surface area contributed by atoms with Gasteiger partial charge in [0.1, 0.15) is 23.1 Å². The predicted octanol–water partition coefficient (Wildman–Crippen LogP) is 4.27. The van der Waals surface area contributed by atoms with Crippen LogP contribution in [0.3, 0.4) is 0 Å². The maximum Gasteiger partial charge on any atom is 0.332 e. The fourth-order valence-corrected chi connectivity index (χ4v) is 2.72. The largest absolute Gasteiger partial charge is 0.478 e. The minimum Gasteiger partial charge on any atom is -0.478 e. The van der Waals surface area contributed by atoms with Gasteiger partial charge in [0.2, 0.25) is 0 Å². The van der Waals surface area contributed by atoms with Crippen molar-refractivity contribution in [3.05, 3.63) is 64.9 Å². The van der Waals surface area contributed by atoms with E-state index in [1.165, 1.54) is 0 Å². The number of nitrogens with one attached hydrogen (secondary N) is 1. The molecule has 1 aliphatic carbocycles. The van der Waals surface area contributed by atoms with Gasteiger partial charge in [-0.25, -0.2) is 18.0 Å². The van der Waals surface area contributed by atoms with Crippen molar-refractivity contribution in [1.82, 2.24) is 0 Å². The summed E-state index contributed by atoms with van der Waals surface area (Å²) in [4.78, 5) is 23.5. The summed E-state index contributed by atoms with van der Waals surface area (Å²) in [6.07, 6.45) is 0.720. The van der Waals surface area contributed by atoms with E-state index < -0.39 is 70.3 Å². The van der Waals surface area contributed by atoms with Gasteiger partial charge in [-0.2, -0.15) is 0 Å². The number of anilines is 1. The molecule has 0 heterocycles. The van der Waals surface area contributed by atoms with Gasteiger partial charge >= 0.3 is 5.97 Å². The van der Waals surface area contributed by atoms with Crippen LogP contribution in [-0.4, -0.2) is 17.0 Å². The summed E-state index contributed by atoms with van der Waals surface area (Å²) in [6.45, 7) is 0. The second-order valence-electron chi connectivity index (χ2n) is 5.57. The molecule has 0 atom stereocenters. The fraction of sp³-hybridized carbons (Fsp3) is 0.158. The van der Waals surface area contributed by atoms with E-state index in [2.05, 4.69) is 0 Å². The Bertz CT molecular complexity index is 1080.